The number of benzene rings is 2. The Labute approximate surface area is 149 Å². The normalized spacial score (nSPS) is 10.4. The summed E-state index contributed by atoms with van der Waals surface area (Å²) in [5.41, 5.74) is 2.17. The van der Waals surface area contributed by atoms with Crippen LogP contribution in [0.1, 0.15) is 15.9 Å². The van der Waals surface area contributed by atoms with Crippen molar-refractivity contribution in [3.05, 3.63) is 77.9 Å². The Morgan fingerprint density at radius 2 is 1.81 bits per heavy atom. The summed E-state index contributed by atoms with van der Waals surface area (Å²) in [4.78, 5) is 24.4. The van der Waals surface area contributed by atoms with Crippen LogP contribution < -0.4 is 10.6 Å². The number of amides is 2. The van der Waals surface area contributed by atoms with E-state index in [-0.39, 0.29) is 12.5 Å². The lowest BCUT2D eigenvalue weighted by molar-refractivity contribution is -0.116. The molecule has 0 bridgehead atoms. The lowest BCUT2D eigenvalue weighted by Crippen LogP contribution is -2.19. The summed E-state index contributed by atoms with van der Waals surface area (Å²) >= 11 is 0. The van der Waals surface area contributed by atoms with Crippen LogP contribution in [0.5, 0.6) is 0 Å². The summed E-state index contributed by atoms with van der Waals surface area (Å²) < 4.78 is 14.7. The molecule has 3 aromatic rings. The highest BCUT2D eigenvalue weighted by Crippen LogP contribution is 2.14. The Morgan fingerprint density at radius 1 is 1.08 bits per heavy atom. The van der Waals surface area contributed by atoms with Gasteiger partial charge in [-0.3, -0.25) is 14.3 Å². The van der Waals surface area contributed by atoms with Crippen molar-refractivity contribution >= 4 is 23.2 Å². The number of carbonyl (C=O) groups excluding carboxylic acids is 2. The molecule has 0 fully saturated rings. The maximum Gasteiger partial charge on any atom is 0.255 e. The van der Waals surface area contributed by atoms with E-state index >= 15 is 0 Å². The SMILES string of the molecule is Cc1cnn(CC(=O)Nc2cccc(C(=O)Nc3cccc(F)c3)c2)c1. The van der Waals surface area contributed by atoms with E-state index in [2.05, 4.69) is 15.7 Å². The summed E-state index contributed by atoms with van der Waals surface area (Å²) in [7, 11) is 0. The topological polar surface area (TPSA) is 76.0 Å². The smallest absolute Gasteiger partial charge is 0.255 e. The van der Waals surface area contributed by atoms with E-state index in [1.807, 2.05) is 6.92 Å². The number of aromatic nitrogens is 2. The van der Waals surface area contributed by atoms with Crippen LogP contribution in [-0.4, -0.2) is 21.6 Å². The molecule has 0 saturated carbocycles. The number of nitrogens with one attached hydrogen (secondary N) is 2. The summed E-state index contributed by atoms with van der Waals surface area (Å²) in [5.74, 6) is -1.08. The van der Waals surface area contributed by atoms with Crippen molar-refractivity contribution in [1.29, 1.82) is 0 Å². The second-order valence-corrected chi connectivity index (χ2v) is 5.81. The van der Waals surface area contributed by atoms with E-state index in [1.54, 1.807) is 42.7 Å². The van der Waals surface area contributed by atoms with Gasteiger partial charge in [-0.2, -0.15) is 5.10 Å². The molecule has 0 aliphatic rings. The van der Waals surface area contributed by atoms with E-state index in [0.29, 0.717) is 16.9 Å². The van der Waals surface area contributed by atoms with Gasteiger partial charge in [-0.15, -0.1) is 0 Å². The van der Waals surface area contributed by atoms with Gasteiger partial charge in [0.05, 0.1) is 6.20 Å². The summed E-state index contributed by atoms with van der Waals surface area (Å²) in [6.45, 7) is 1.97. The van der Waals surface area contributed by atoms with Crippen LogP contribution in [0.25, 0.3) is 0 Å². The molecule has 132 valence electrons. The Kier molecular flexibility index (Phi) is 5.07. The van der Waals surface area contributed by atoms with Crippen molar-refractivity contribution in [3.8, 4) is 0 Å². The molecule has 0 spiro atoms. The molecule has 0 atom stereocenters. The van der Waals surface area contributed by atoms with Gasteiger partial charge in [-0.05, 0) is 48.9 Å². The van der Waals surface area contributed by atoms with Gasteiger partial charge in [-0.1, -0.05) is 12.1 Å². The molecule has 2 aromatic carbocycles. The number of hydrogen-bond acceptors (Lipinski definition) is 3. The molecule has 0 unspecified atom stereocenters. The predicted octanol–water partition coefficient (Wildman–Crippen LogP) is 3.22. The summed E-state index contributed by atoms with van der Waals surface area (Å²) in [6.07, 6.45) is 3.44. The van der Waals surface area contributed by atoms with Gasteiger partial charge in [0, 0.05) is 23.1 Å². The fraction of sp³-hybridized carbons (Fsp3) is 0.105. The summed E-state index contributed by atoms with van der Waals surface area (Å²) in [6, 6.07) is 12.2. The Bertz CT molecular complexity index is 952. The molecule has 6 nitrogen and oxygen atoms in total. The third kappa shape index (κ3) is 4.54. The molecule has 0 radical (unpaired) electrons. The average molecular weight is 352 g/mol. The highest BCUT2D eigenvalue weighted by Gasteiger charge is 2.09. The first-order chi connectivity index (χ1) is 12.5. The van der Waals surface area contributed by atoms with Gasteiger partial charge in [0.15, 0.2) is 0 Å². The van der Waals surface area contributed by atoms with E-state index in [1.165, 1.54) is 22.9 Å². The quantitative estimate of drug-likeness (QED) is 0.740. The number of nitrogens with zero attached hydrogens (tertiary/aromatic N) is 2. The van der Waals surface area contributed by atoms with Crippen molar-refractivity contribution in [2.75, 3.05) is 10.6 Å². The minimum atomic E-state index is -0.433. The number of carbonyl (C=O) groups is 2. The maximum absolute atomic E-state index is 13.2. The van der Waals surface area contributed by atoms with Gasteiger partial charge < -0.3 is 10.6 Å². The first-order valence-corrected chi connectivity index (χ1v) is 7.95. The van der Waals surface area contributed by atoms with Crippen LogP contribution in [0.15, 0.2) is 60.9 Å². The molecule has 0 aliphatic carbocycles. The molecule has 3 rings (SSSR count). The van der Waals surface area contributed by atoms with Crippen LogP contribution >= 0.6 is 0 Å². The fourth-order valence-corrected chi connectivity index (χ4v) is 2.41. The zero-order valence-electron chi connectivity index (χ0n) is 14.1. The van der Waals surface area contributed by atoms with Crippen molar-refractivity contribution in [1.82, 2.24) is 9.78 Å². The fourth-order valence-electron chi connectivity index (χ4n) is 2.41. The van der Waals surface area contributed by atoms with Crippen LogP contribution in [-0.2, 0) is 11.3 Å². The highest BCUT2D eigenvalue weighted by atomic mass is 19.1. The minimum absolute atomic E-state index is 0.0769. The lowest BCUT2D eigenvalue weighted by Gasteiger charge is -2.09. The first-order valence-electron chi connectivity index (χ1n) is 7.95. The molecule has 1 heterocycles. The maximum atomic E-state index is 13.2. The second kappa shape index (κ2) is 7.60. The van der Waals surface area contributed by atoms with E-state index < -0.39 is 11.7 Å². The molecular formula is C19H17FN4O2. The molecule has 2 amide bonds. The van der Waals surface area contributed by atoms with Crippen molar-refractivity contribution in [2.24, 2.45) is 0 Å². The number of anilines is 2. The van der Waals surface area contributed by atoms with Gasteiger partial charge in [-0.25, -0.2) is 4.39 Å². The van der Waals surface area contributed by atoms with Crippen LogP contribution in [0.4, 0.5) is 15.8 Å². The molecule has 7 heteroatoms. The molecule has 0 saturated heterocycles. The first kappa shape index (κ1) is 17.3. The van der Waals surface area contributed by atoms with Gasteiger partial charge in [0.25, 0.3) is 5.91 Å². The summed E-state index contributed by atoms with van der Waals surface area (Å²) in [5, 5.41) is 9.40. The average Bonchev–Trinajstić information content (AvgIpc) is 2.99. The van der Waals surface area contributed by atoms with Crippen molar-refractivity contribution in [3.63, 3.8) is 0 Å². The number of rotatable bonds is 5. The van der Waals surface area contributed by atoms with Gasteiger partial charge >= 0.3 is 0 Å². The van der Waals surface area contributed by atoms with E-state index in [4.69, 9.17) is 0 Å². The third-order valence-corrected chi connectivity index (χ3v) is 3.56. The van der Waals surface area contributed by atoms with E-state index in [9.17, 15) is 14.0 Å². The van der Waals surface area contributed by atoms with Crippen LogP contribution in [0.2, 0.25) is 0 Å². The van der Waals surface area contributed by atoms with Gasteiger partial charge in [0.1, 0.15) is 12.4 Å². The monoisotopic (exact) mass is 352 g/mol. The number of aryl methyl sites for hydroxylation is 1. The number of halogens is 1. The molecule has 1 aromatic heterocycles. The molecule has 0 aliphatic heterocycles. The van der Waals surface area contributed by atoms with Crippen LogP contribution in [0.3, 0.4) is 0 Å². The highest BCUT2D eigenvalue weighted by molar-refractivity contribution is 6.05. The van der Waals surface area contributed by atoms with E-state index in [0.717, 1.165) is 5.56 Å². The number of hydrogen-bond donors (Lipinski definition) is 2. The Morgan fingerprint density at radius 3 is 2.50 bits per heavy atom. The second-order valence-electron chi connectivity index (χ2n) is 5.81. The lowest BCUT2D eigenvalue weighted by atomic mass is 10.2. The standard InChI is InChI=1S/C19H17FN4O2/c1-13-10-21-24(11-13)12-18(25)22-16-6-2-4-14(8-16)19(26)23-17-7-3-5-15(20)9-17/h2-11H,12H2,1H3,(H,22,25)(H,23,26). The Balaban J connectivity index is 1.65. The third-order valence-electron chi connectivity index (χ3n) is 3.56. The van der Waals surface area contributed by atoms with Gasteiger partial charge in [0.2, 0.25) is 5.91 Å². The van der Waals surface area contributed by atoms with Crippen molar-refractivity contribution in [2.45, 2.75) is 13.5 Å². The minimum Gasteiger partial charge on any atom is -0.324 e. The predicted molar refractivity (Wildman–Crippen MR) is 96.4 cm³/mol. The Hall–Kier alpha value is -3.48. The van der Waals surface area contributed by atoms with Crippen molar-refractivity contribution < 1.29 is 14.0 Å². The largest absolute Gasteiger partial charge is 0.324 e. The zero-order chi connectivity index (χ0) is 18.5. The van der Waals surface area contributed by atoms with Crippen LogP contribution in [0, 0.1) is 12.7 Å². The zero-order valence-corrected chi connectivity index (χ0v) is 14.1. The molecule has 26 heavy (non-hydrogen) atoms. The molecule has 2 N–H and O–H groups in total. The molecular weight excluding hydrogens is 335 g/mol.